The summed E-state index contributed by atoms with van der Waals surface area (Å²) in [6, 6.07) is 0. The summed E-state index contributed by atoms with van der Waals surface area (Å²) in [5.41, 5.74) is 7.78. The highest BCUT2D eigenvalue weighted by atomic mass is 15.3. The van der Waals surface area contributed by atoms with Crippen molar-refractivity contribution < 1.29 is 0 Å². The molecule has 1 aromatic heterocycles. The second kappa shape index (κ2) is 4.20. The standard InChI is InChI=1S/C10H14N4.C2H6/c1-13-6-7(11)5-8-10(13)14-4-2-3-9(14)12-8;1-2/h5H,2-4,6,11H2,1H3;1-2H3. The molecule has 0 aromatic carbocycles. The molecule has 0 bridgehead atoms. The Kier molecular flexibility index (Phi) is 2.90. The van der Waals surface area contributed by atoms with E-state index in [1.807, 2.05) is 19.9 Å². The van der Waals surface area contributed by atoms with Gasteiger partial charge in [0, 0.05) is 25.7 Å². The summed E-state index contributed by atoms with van der Waals surface area (Å²) in [6.07, 6.45) is 4.33. The van der Waals surface area contributed by atoms with Crippen LogP contribution in [-0.2, 0) is 13.0 Å². The maximum Gasteiger partial charge on any atom is 0.136 e. The van der Waals surface area contributed by atoms with Crippen molar-refractivity contribution in [3.63, 3.8) is 0 Å². The van der Waals surface area contributed by atoms with Crippen molar-refractivity contribution >= 4 is 11.9 Å². The first-order valence-electron chi connectivity index (χ1n) is 6.02. The Bertz CT molecular complexity index is 417. The zero-order valence-electron chi connectivity index (χ0n) is 10.3. The number of fused-ring (bicyclic) bond motifs is 3. The second-order valence-corrected chi connectivity index (χ2v) is 4.07. The Morgan fingerprint density at radius 3 is 2.88 bits per heavy atom. The summed E-state index contributed by atoms with van der Waals surface area (Å²) in [4.78, 5) is 6.78. The fourth-order valence-corrected chi connectivity index (χ4v) is 2.40. The first-order chi connectivity index (χ1) is 7.75. The van der Waals surface area contributed by atoms with E-state index >= 15 is 0 Å². The zero-order valence-corrected chi connectivity index (χ0v) is 10.3. The number of nitrogens with two attached hydrogens (primary N) is 1. The summed E-state index contributed by atoms with van der Waals surface area (Å²) >= 11 is 0. The lowest BCUT2D eigenvalue weighted by Crippen LogP contribution is -2.28. The molecule has 3 rings (SSSR count). The van der Waals surface area contributed by atoms with Gasteiger partial charge in [0.05, 0.1) is 6.54 Å². The van der Waals surface area contributed by atoms with Gasteiger partial charge >= 0.3 is 0 Å². The molecule has 2 aliphatic rings. The van der Waals surface area contributed by atoms with Crippen molar-refractivity contribution in [3.8, 4) is 0 Å². The van der Waals surface area contributed by atoms with Crippen LogP contribution in [0, 0.1) is 0 Å². The maximum atomic E-state index is 5.83. The molecule has 4 heteroatoms. The average molecular weight is 220 g/mol. The molecule has 4 nitrogen and oxygen atoms in total. The number of aryl methyl sites for hydroxylation is 1. The Morgan fingerprint density at radius 2 is 2.12 bits per heavy atom. The number of hydrogen-bond donors (Lipinski definition) is 1. The van der Waals surface area contributed by atoms with E-state index in [2.05, 4.69) is 21.5 Å². The van der Waals surface area contributed by atoms with Crippen molar-refractivity contribution in [1.29, 1.82) is 0 Å². The molecule has 0 aliphatic carbocycles. The summed E-state index contributed by atoms with van der Waals surface area (Å²) in [6.45, 7) is 5.92. The van der Waals surface area contributed by atoms with Crippen molar-refractivity contribution in [2.75, 3.05) is 18.5 Å². The summed E-state index contributed by atoms with van der Waals surface area (Å²) in [5.74, 6) is 2.46. The van der Waals surface area contributed by atoms with Crippen molar-refractivity contribution in [3.05, 3.63) is 17.2 Å². The van der Waals surface area contributed by atoms with Crippen LogP contribution in [-0.4, -0.2) is 23.1 Å². The van der Waals surface area contributed by atoms with Crippen LogP contribution in [0.15, 0.2) is 5.70 Å². The van der Waals surface area contributed by atoms with E-state index in [0.29, 0.717) is 0 Å². The Morgan fingerprint density at radius 1 is 1.38 bits per heavy atom. The van der Waals surface area contributed by atoms with E-state index in [4.69, 9.17) is 5.73 Å². The van der Waals surface area contributed by atoms with Crippen LogP contribution < -0.4 is 10.6 Å². The van der Waals surface area contributed by atoms with E-state index in [-0.39, 0.29) is 0 Å². The fraction of sp³-hybridized carbons (Fsp3) is 0.583. The highest BCUT2D eigenvalue weighted by molar-refractivity contribution is 5.68. The lowest BCUT2D eigenvalue weighted by atomic mass is 10.2. The molecule has 0 amide bonds. The van der Waals surface area contributed by atoms with Gasteiger partial charge in [0.15, 0.2) is 0 Å². The molecular weight excluding hydrogens is 200 g/mol. The molecule has 0 spiro atoms. The molecule has 0 fully saturated rings. The lowest BCUT2D eigenvalue weighted by molar-refractivity contribution is 0.730. The number of rotatable bonds is 0. The minimum Gasteiger partial charge on any atom is -0.401 e. The number of anilines is 1. The quantitative estimate of drug-likeness (QED) is 0.722. The predicted molar refractivity (Wildman–Crippen MR) is 67.3 cm³/mol. The molecule has 2 aliphatic heterocycles. The monoisotopic (exact) mass is 220 g/mol. The van der Waals surface area contributed by atoms with Crippen LogP contribution in [0.2, 0.25) is 0 Å². The van der Waals surface area contributed by atoms with E-state index in [1.54, 1.807) is 0 Å². The molecule has 1 aromatic rings. The molecule has 0 atom stereocenters. The molecule has 88 valence electrons. The molecule has 3 heterocycles. The molecule has 0 saturated heterocycles. The van der Waals surface area contributed by atoms with Gasteiger partial charge < -0.3 is 15.2 Å². The van der Waals surface area contributed by atoms with Crippen molar-refractivity contribution in [1.82, 2.24) is 9.55 Å². The van der Waals surface area contributed by atoms with E-state index < -0.39 is 0 Å². The smallest absolute Gasteiger partial charge is 0.136 e. The minimum absolute atomic E-state index is 0.818. The van der Waals surface area contributed by atoms with Crippen LogP contribution in [0.3, 0.4) is 0 Å². The molecule has 0 unspecified atom stereocenters. The summed E-state index contributed by atoms with van der Waals surface area (Å²) in [5, 5.41) is 0. The minimum atomic E-state index is 0.818. The number of nitrogens with zero attached hydrogens (tertiary/aromatic N) is 3. The first-order valence-corrected chi connectivity index (χ1v) is 6.02. The molecule has 16 heavy (non-hydrogen) atoms. The third kappa shape index (κ3) is 1.58. The average Bonchev–Trinajstić information content (AvgIpc) is 2.79. The second-order valence-electron chi connectivity index (χ2n) is 4.07. The fourth-order valence-electron chi connectivity index (χ4n) is 2.40. The number of likely N-dealkylation sites (N-methyl/N-ethyl adjacent to an activating group) is 1. The third-order valence-corrected chi connectivity index (χ3v) is 2.93. The Labute approximate surface area is 96.8 Å². The highest BCUT2D eigenvalue weighted by Crippen LogP contribution is 2.30. The van der Waals surface area contributed by atoms with Gasteiger partial charge in [0.1, 0.15) is 17.3 Å². The van der Waals surface area contributed by atoms with Gasteiger partial charge in [-0.25, -0.2) is 4.98 Å². The molecular formula is C12H20N4. The summed E-state index contributed by atoms with van der Waals surface area (Å²) in [7, 11) is 2.08. The van der Waals surface area contributed by atoms with Crippen LogP contribution >= 0.6 is 0 Å². The summed E-state index contributed by atoms with van der Waals surface area (Å²) < 4.78 is 2.32. The molecule has 0 radical (unpaired) electrons. The van der Waals surface area contributed by atoms with E-state index in [1.165, 1.54) is 18.1 Å². The normalized spacial score (nSPS) is 17.2. The number of aromatic nitrogens is 2. The van der Waals surface area contributed by atoms with Gasteiger partial charge in [-0.15, -0.1) is 0 Å². The van der Waals surface area contributed by atoms with Crippen LogP contribution in [0.25, 0.3) is 6.08 Å². The Balaban J connectivity index is 0.000000457. The Hall–Kier alpha value is -1.45. The number of hydrogen-bond acceptors (Lipinski definition) is 3. The zero-order chi connectivity index (χ0) is 11.7. The van der Waals surface area contributed by atoms with Gasteiger partial charge in [-0.2, -0.15) is 0 Å². The van der Waals surface area contributed by atoms with Gasteiger partial charge in [-0.3, -0.25) is 0 Å². The molecule has 2 N–H and O–H groups in total. The number of imidazole rings is 1. The van der Waals surface area contributed by atoms with Gasteiger partial charge in [0.2, 0.25) is 0 Å². The van der Waals surface area contributed by atoms with Crippen molar-refractivity contribution in [2.45, 2.75) is 33.2 Å². The topological polar surface area (TPSA) is 47.1 Å². The van der Waals surface area contributed by atoms with E-state index in [9.17, 15) is 0 Å². The maximum absolute atomic E-state index is 5.83. The van der Waals surface area contributed by atoms with Gasteiger partial charge in [0.25, 0.3) is 0 Å². The van der Waals surface area contributed by atoms with E-state index in [0.717, 1.165) is 30.9 Å². The lowest BCUT2D eigenvalue weighted by Gasteiger charge is -2.24. The highest BCUT2D eigenvalue weighted by Gasteiger charge is 2.25. The van der Waals surface area contributed by atoms with Crippen LogP contribution in [0.4, 0.5) is 5.82 Å². The van der Waals surface area contributed by atoms with Gasteiger partial charge in [-0.1, -0.05) is 13.8 Å². The van der Waals surface area contributed by atoms with Crippen LogP contribution in [0.1, 0.15) is 31.8 Å². The van der Waals surface area contributed by atoms with Crippen LogP contribution in [0.5, 0.6) is 0 Å². The molecule has 0 saturated carbocycles. The SMILES string of the molecule is CC.CN1CC(N)=Cc2nc3n(c21)CCC3. The third-order valence-electron chi connectivity index (χ3n) is 2.93. The largest absolute Gasteiger partial charge is 0.401 e. The first kappa shape index (κ1) is 11.0. The van der Waals surface area contributed by atoms with Gasteiger partial charge in [-0.05, 0) is 12.5 Å². The predicted octanol–water partition coefficient (Wildman–Crippen LogP) is 1.60. The van der Waals surface area contributed by atoms with Crippen molar-refractivity contribution in [2.24, 2.45) is 5.73 Å².